The third-order valence-electron chi connectivity index (χ3n) is 2.09. The van der Waals surface area contributed by atoms with Crippen LogP contribution in [-0.2, 0) is 9.53 Å². The third-order valence-corrected chi connectivity index (χ3v) is 2.09. The summed E-state index contributed by atoms with van der Waals surface area (Å²) >= 11 is 0. The predicted molar refractivity (Wildman–Crippen MR) is 68.2 cm³/mol. The highest BCUT2D eigenvalue weighted by Gasteiger charge is 1.96. The fourth-order valence-corrected chi connectivity index (χ4v) is 1.17. The number of methoxy groups -OCH3 is 1. The molecule has 2 nitrogen and oxygen atoms in total. The van der Waals surface area contributed by atoms with Crippen LogP contribution in [0.5, 0.6) is 0 Å². The molecule has 0 saturated carbocycles. The van der Waals surface area contributed by atoms with E-state index in [2.05, 4.69) is 35.1 Å². The summed E-state index contributed by atoms with van der Waals surface area (Å²) in [6.45, 7) is 2.02. The van der Waals surface area contributed by atoms with Gasteiger partial charge in [-0.1, -0.05) is 36.5 Å². The van der Waals surface area contributed by atoms with Crippen LogP contribution >= 0.6 is 0 Å². The second kappa shape index (κ2) is 11.8. The largest absolute Gasteiger partial charge is 0.469 e. The van der Waals surface area contributed by atoms with Crippen LogP contribution in [0.3, 0.4) is 0 Å². The molecule has 0 amide bonds. The Balaban J connectivity index is 3.34. The first-order chi connectivity index (χ1) is 7.81. The number of hydrogen-bond acceptors (Lipinski definition) is 2. The van der Waals surface area contributed by atoms with Crippen LogP contribution in [0, 0.1) is 0 Å². The van der Waals surface area contributed by atoms with Crippen molar-refractivity contribution < 1.29 is 9.53 Å². The van der Waals surface area contributed by atoms with Gasteiger partial charge in [-0.25, -0.2) is 0 Å². The number of allylic oxidation sites excluding steroid dienone is 6. The van der Waals surface area contributed by atoms with Crippen molar-refractivity contribution in [2.24, 2.45) is 0 Å². The summed E-state index contributed by atoms with van der Waals surface area (Å²) in [5, 5.41) is 0. The quantitative estimate of drug-likeness (QED) is 0.355. The third kappa shape index (κ3) is 10.8. The van der Waals surface area contributed by atoms with E-state index in [1.807, 2.05) is 13.0 Å². The highest BCUT2D eigenvalue weighted by molar-refractivity contribution is 5.68. The Bertz CT molecular complexity index is 249. The van der Waals surface area contributed by atoms with Crippen molar-refractivity contribution in [3.63, 3.8) is 0 Å². The van der Waals surface area contributed by atoms with Crippen LogP contribution in [0.4, 0.5) is 0 Å². The lowest BCUT2D eigenvalue weighted by Crippen LogP contribution is -1.98. The molecule has 0 atom stereocenters. The zero-order valence-electron chi connectivity index (χ0n) is 10.3. The number of esters is 1. The van der Waals surface area contributed by atoms with E-state index in [4.69, 9.17) is 0 Å². The standard InChI is InChI=1S/C14H22O2/c1-3-4-5-6-7-8-9-10-11-12-13-14(15)16-2/h3-4,6-7,9-10H,5,8,11-13H2,1-2H3/b4-3-,7-6-,10-9-. The van der Waals surface area contributed by atoms with Crippen LogP contribution in [0.1, 0.15) is 39.0 Å². The molecule has 2 heteroatoms. The van der Waals surface area contributed by atoms with E-state index in [0.717, 1.165) is 25.7 Å². The van der Waals surface area contributed by atoms with Crippen molar-refractivity contribution in [1.29, 1.82) is 0 Å². The summed E-state index contributed by atoms with van der Waals surface area (Å²) in [6, 6.07) is 0. The van der Waals surface area contributed by atoms with Gasteiger partial charge in [0.05, 0.1) is 7.11 Å². The average Bonchev–Trinajstić information content (AvgIpc) is 2.31. The van der Waals surface area contributed by atoms with Gasteiger partial charge in [-0.3, -0.25) is 4.79 Å². The highest BCUT2D eigenvalue weighted by Crippen LogP contribution is 1.99. The smallest absolute Gasteiger partial charge is 0.305 e. The second-order valence-electron chi connectivity index (χ2n) is 3.45. The SMILES string of the molecule is C/C=C\C/C=C\C/C=C\CCCC(=O)OC. The van der Waals surface area contributed by atoms with Crippen LogP contribution < -0.4 is 0 Å². The van der Waals surface area contributed by atoms with Gasteiger partial charge in [-0.15, -0.1) is 0 Å². The van der Waals surface area contributed by atoms with Crippen molar-refractivity contribution in [1.82, 2.24) is 0 Å². The van der Waals surface area contributed by atoms with Crippen LogP contribution in [-0.4, -0.2) is 13.1 Å². The monoisotopic (exact) mass is 222 g/mol. The van der Waals surface area contributed by atoms with Crippen molar-refractivity contribution in [3.05, 3.63) is 36.5 Å². The van der Waals surface area contributed by atoms with E-state index in [1.54, 1.807) is 0 Å². The molecule has 0 heterocycles. The molecule has 0 fully saturated rings. The number of unbranched alkanes of at least 4 members (excludes halogenated alkanes) is 1. The van der Waals surface area contributed by atoms with Crippen molar-refractivity contribution in [3.8, 4) is 0 Å². The molecule has 0 aromatic rings. The molecule has 0 aliphatic heterocycles. The van der Waals surface area contributed by atoms with Gasteiger partial charge in [0.2, 0.25) is 0 Å². The van der Waals surface area contributed by atoms with E-state index in [1.165, 1.54) is 7.11 Å². The minimum atomic E-state index is -0.125. The summed E-state index contributed by atoms with van der Waals surface area (Å²) in [4.78, 5) is 10.8. The fraction of sp³-hybridized carbons (Fsp3) is 0.500. The minimum Gasteiger partial charge on any atom is -0.469 e. The van der Waals surface area contributed by atoms with E-state index in [9.17, 15) is 4.79 Å². The van der Waals surface area contributed by atoms with Gasteiger partial charge in [-0.05, 0) is 32.6 Å². The first-order valence-electron chi connectivity index (χ1n) is 5.79. The Hall–Kier alpha value is -1.31. The Kier molecular flexibility index (Phi) is 10.8. The molecule has 0 N–H and O–H groups in total. The summed E-state index contributed by atoms with van der Waals surface area (Å²) in [6.07, 6.45) is 17.0. The molecule has 16 heavy (non-hydrogen) atoms. The molecule has 0 radical (unpaired) electrons. The zero-order chi connectivity index (χ0) is 12.1. The molecular weight excluding hydrogens is 200 g/mol. The first-order valence-corrected chi connectivity index (χ1v) is 5.79. The lowest BCUT2D eigenvalue weighted by molar-refractivity contribution is -0.140. The molecule has 0 aromatic carbocycles. The molecule has 0 aliphatic carbocycles. The Morgan fingerprint density at radius 1 is 1.06 bits per heavy atom. The van der Waals surface area contributed by atoms with Gasteiger partial charge in [-0.2, -0.15) is 0 Å². The molecule has 0 spiro atoms. The van der Waals surface area contributed by atoms with Crippen LogP contribution in [0.2, 0.25) is 0 Å². The Morgan fingerprint density at radius 3 is 2.31 bits per heavy atom. The molecule has 0 rings (SSSR count). The molecule has 0 aliphatic rings. The second-order valence-corrected chi connectivity index (χ2v) is 3.45. The lowest BCUT2D eigenvalue weighted by atomic mass is 10.2. The van der Waals surface area contributed by atoms with E-state index in [0.29, 0.717) is 6.42 Å². The van der Waals surface area contributed by atoms with Crippen LogP contribution in [0.15, 0.2) is 36.5 Å². The summed E-state index contributed by atoms with van der Waals surface area (Å²) < 4.78 is 4.55. The van der Waals surface area contributed by atoms with Crippen molar-refractivity contribution >= 4 is 5.97 Å². The maximum atomic E-state index is 10.8. The normalized spacial score (nSPS) is 11.9. The number of hydrogen-bond donors (Lipinski definition) is 0. The minimum absolute atomic E-state index is 0.125. The maximum absolute atomic E-state index is 10.8. The Morgan fingerprint density at radius 2 is 1.69 bits per heavy atom. The van der Waals surface area contributed by atoms with Crippen molar-refractivity contribution in [2.45, 2.75) is 39.0 Å². The average molecular weight is 222 g/mol. The molecule has 0 bridgehead atoms. The van der Waals surface area contributed by atoms with Gasteiger partial charge in [0.15, 0.2) is 0 Å². The predicted octanol–water partition coefficient (Wildman–Crippen LogP) is 3.80. The molecular formula is C14H22O2. The molecule has 0 saturated heterocycles. The Labute approximate surface area is 98.7 Å². The number of carbonyl (C=O) groups is 1. The summed E-state index contributed by atoms with van der Waals surface area (Å²) in [7, 11) is 1.42. The number of ether oxygens (including phenoxy) is 1. The molecule has 0 aromatic heterocycles. The van der Waals surface area contributed by atoms with E-state index < -0.39 is 0 Å². The zero-order valence-corrected chi connectivity index (χ0v) is 10.3. The van der Waals surface area contributed by atoms with Gasteiger partial charge < -0.3 is 4.74 Å². The highest BCUT2D eigenvalue weighted by atomic mass is 16.5. The maximum Gasteiger partial charge on any atom is 0.305 e. The molecule has 0 unspecified atom stereocenters. The molecule has 90 valence electrons. The van der Waals surface area contributed by atoms with Gasteiger partial charge >= 0.3 is 5.97 Å². The number of rotatable bonds is 8. The van der Waals surface area contributed by atoms with Crippen molar-refractivity contribution in [2.75, 3.05) is 7.11 Å². The number of carbonyl (C=O) groups excluding carboxylic acids is 1. The fourth-order valence-electron chi connectivity index (χ4n) is 1.17. The van der Waals surface area contributed by atoms with Gasteiger partial charge in [0, 0.05) is 6.42 Å². The summed E-state index contributed by atoms with van der Waals surface area (Å²) in [5.74, 6) is -0.125. The lowest BCUT2D eigenvalue weighted by Gasteiger charge is -1.95. The van der Waals surface area contributed by atoms with E-state index >= 15 is 0 Å². The van der Waals surface area contributed by atoms with E-state index in [-0.39, 0.29) is 5.97 Å². The summed E-state index contributed by atoms with van der Waals surface area (Å²) in [5.41, 5.74) is 0. The van der Waals surface area contributed by atoms with Crippen LogP contribution in [0.25, 0.3) is 0 Å². The van der Waals surface area contributed by atoms with Gasteiger partial charge in [0.25, 0.3) is 0 Å². The first kappa shape index (κ1) is 14.7. The topological polar surface area (TPSA) is 26.3 Å². The van der Waals surface area contributed by atoms with Gasteiger partial charge in [0.1, 0.15) is 0 Å².